The van der Waals surface area contributed by atoms with Crippen LogP contribution in [0.3, 0.4) is 0 Å². The monoisotopic (exact) mass is 218 g/mol. The van der Waals surface area contributed by atoms with Crippen molar-refractivity contribution < 1.29 is 14.2 Å². The molecule has 1 N–H and O–H groups in total. The van der Waals surface area contributed by atoms with Gasteiger partial charge in [-0.1, -0.05) is 17.7 Å². The molecule has 1 rings (SSSR count). The van der Waals surface area contributed by atoms with E-state index in [9.17, 15) is 9.50 Å². The summed E-state index contributed by atoms with van der Waals surface area (Å²) in [7, 11) is 1.51. The topological polar surface area (TPSA) is 29.5 Å². The van der Waals surface area contributed by atoms with Crippen molar-refractivity contribution in [3.63, 3.8) is 0 Å². The number of methoxy groups -OCH3 is 1. The third-order valence-electron chi connectivity index (χ3n) is 1.83. The normalized spacial score (nSPS) is 12.9. The van der Waals surface area contributed by atoms with Crippen LogP contribution in [0.15, 0.2) is 18.2 Å². The van der Waals surface area contributed by atoms with Gasteiger partial charge in [-0.2, -0.15) is 0 Å². The second-order valence-electron chi connectivity index (χ2n) is 3.05. The Morgan fingerprint density at radius 3 is 2.86 bits per heavy atom. The number of hydrogen-bond donors (Lipinski definition) is 1. The molecule has 14 heavy (non-hydrogen) atoms. The van der Waals surface area contributed by atoms with Gasteiger partial charge in [0, 0.05) is 18.6 Å². The van der Waals surface area contributed by atoms with Crippen LogP contribution in [0.1, 0.15) is 5.56 Å². The van der Waals surface area contributed by atoms with E-state index in [1.54, 1.807) is 6.07 Å². The van der Waals surface area contributed by atoms with E-state index in [4.69, 9.17) is 16.3 Å². The summed E-state index contributed by atoms with van der Waals surface area (Å²) in [6.45, 7) is 0.244. The van der Waals surface area contributed by atoms with Crippen LogP contribution in [0.5, 0.6) is 0 Å². The van der Waals surface area contributed by atoms with Crippen LogP contribution >= 0.6 is 11.6 Å². The fraction of sp³-hybridized carbons (Fsp3) is 0.400. The van der Waals surface area contributed by atoms with Crippen LogP contribution in [-0.2, 0) is 11.2 Å². The molecule has 1 unspecified atom stereocenters. The van der Waals surface area contributed by atoms with E-state index in [2.05, 4.69) is 0 Å². The lowest BCUT2D eigenvalue weighted by Crippen LogP contribution is -2.17. The number of ether oxygens (including phenoxy) is 1. The third kappa shape index (κ3) is 3.25. The molecule has 78 valence electrons. The average molecular weight is 219 g/mol. The van der Waals surface area contributed by atoms with Gasteiger partial charge in [0.25, 0.3) is 0 Å². The number of halogens is 2. The molecule has 1 atom stereocenters. The number of hydrogen-bond acceptors (Lipinski definition) is 2. The summed E-state index contributed by atoms with van der Waals surface area (Å²) in [4.78, 5) is 0. The van der Waals surface area contributed by atoms with Crippen LogP contribution in [0.25, 0.3) is 0 Å². The van der Waals surface area contributed by atoms with Crippen molar-refractivity contribution in [3.8, 4) is 0 Å². The lowest BCUT2D eigenvalue weighted by Gasteiger charge is -2.10. The fourth-order valence-corrected chi connectivity index (χ4v) is 1.44. The zero-order chi connectivity index (χ0) is 10.6. The van der Waals surface area contributed by atoms with Gasteiger partial charge in [-0.25, -0.2) is 4.39 Å². The van der Waals surface area contributed by atoms with E-state index in [0.29, 0.717) is 11.4 Å². The number of benzene rings is 1. The van der Waals surface area contributed by atoms with Gasteiger partial charge in [0.15, 0.2) is 0 Å². The van der Waals surface area contributed by atoms with Gasteiger partial charge in [0.05, 0.1) is 12.7 Å². The molecule has 0 radical (unpaired) electrons. The minimum Gasteiger partial charge on any atom is -0.390 e. The fourth-order valence-electron chi connectivity index (χ4n) is 1.19. The highest BCUT2D eigenvalue weighted by atomic mass is 35.5. The van der Waals surface area contributed by atoms with Crippen LogP contribution in [-0.4, -0.2) is 24.9 Å². The maximum atomic E-state index is 12.7. The van der Waals surface area contributed by atoms with Crippen LogP contribution < -0.4 is 0 Å². The summed E-state index contributed by atoms with van der Waals surface area (Å²) in [5.74, 6) is -0.375. The van der Waals surface area contributed by atoms with Crippen molar-refractivity contribution in [2.24, 2.45) is 0 Å². The second-order valence-corrected chi connectivity index (χ2v) is 3.46. The predicted octanol–water partition coefficient (Wildman–Crippen LogP) is 2.03. The van der Waals surface area contributed by atoms with Gasteiger partial charge < -0.3 is 9.84 Å². The molecule has 1 aromatic rings. The predicted molar refractivity (Wildman–Crippen MR) is 53.0 cm³/mol. The molecule has 0 bridgehead atoms. The maximum absolute atomic E-state index is 12.7. The molecule has 0 heterocycles. The lowest BCUT2D eigenvalue weighted by atomic mass is 10.1. The molecule has 0 aliphatic rings. The molecule has 0 aromatic heterocycles. The number of rotatable bonds is 4. The summed E-state index contributed by atoms with van der Waals surface area (Å²) in [5.41, 5.74) is 0.720. The third-order valence-corrected chi connectivity index (χ3v) is 2.18. The van der Waals surface area contributed by atoms with E-state index in [1.807, 2.05) is 0 Å². The Balaban J connectivity index is 2.67. The Morgan fingerprint density at radius 2 is 2.29 bits per heavy atom. The van der Waals surface area contributed by atoms with Crippen molar-refractivity contribution in [3.05, 3.63) is 34.6 Å². The highest BCUT2D eigenvalue weighted by molar-refractivity contribution is 6.31. The molecule has 1 aromatic carbocycles. The minimum atomic E-state index is -0.608. The minimum absolute atomic E-state index is 0.244. The first-order chi connectivity index (χ1) is 6.63. The molecule has 0 fully saturated rings. The van der Waals surface area contributed by atoms with E-state index in [-0.39, 0.29) is 12.4 Å². The van der Waals surface area contributed by atoms with E-state index >= 15 is 0 Å². The summed E-state index contributed by atoms with van der Waals surface area (Å²) < 4.78 is 17.4. The van der Waals surface area contributed by atoms with E-state index in [1.165, 1.54) is 19.2 Å². The van der Waals surface area contributed by atoms with Gasteiger partial charge in [-0.05, 0) is 17.7 Å². The Morgan fingerprint density at radius 1 is 1.57 bits per heavy atom. The first-order valence-electron chi connectivity index (χ1n) is 4.24. The van der Waals surface area contributed by atoms with Gasteiger partial charge in [0.1, 0.15) is 5.82 Å². The smallest absolute Gasteiger partial charge is 0.124 e. The lowest BCUT2D eigenvalue weighted by molar-refractivity contribution is 0.0650. The van der Waals surface area contributed by atoms with Crippen LogP contribution in [0.2, 0.25) is 5.02 Å². The van der Waals surface area contributed by atoms with Gasteiger partial charge in [0.2, 0.25) is 0 Å². The quantitative estimate of drug-likeness (QED) is 0.838. The zero-order valence-corrected chi connectivity index (χ0v) is 8.59. The summed E-state index contributed by atoms with van der Waals surface area (Å²) in [6.07, 6.45) is -0.240. The first-order valence-corrected chi connectivity index (χ1v) is 4.62. The highest BCUT2D eigenvalue weighted by Gasteiger charge is 2.08. The second kappa shape index (κ2) is 5.29. The molecule has 0 spiro atoms. The zero-order valence-electron chi connectivity index (χ0n) is 7.84. The Bertz CT molecular complexity index is 304. The molecular formula is C10H12ClFO2. The van der Waals surface area contributed by atoms with E-state index in [0.717, 1.165) is 5.56 Å². The molecule has 0 saturated carbocycles. The Kier molecular flexibility index (Phi) is 4.32. The first kappa shape index (κ1) is 11.4. The van der Waals surface area contributed by atoms with Crippen molar-refractivity contribution in [1.82, 2.24) is 0 Å². The van der Waals surface area contributed by atoms with Gasteiger partial charge >= 0.3 is 0 Å². The van der Waals surface area contributed by atoms with Crippen molar-refractivity contribution >= 4 is 11.6 Å². The maximum Gasteiger partial charge on any atom is 0.124 e. The molecule has 0 aliphatic heterocycles. The van der Waals surface area contributed by atoms with E-state index < -0.39 is 6.10 Å². The molecular weight excluding hydrogens is 207 g/mol. The molecule has 4 heteroatoms. The highest BCUT2D eigenvalue weighted by Crippen LogP contribution is 2.18. The average Bonchev–Trinajstić information content (AvgIpc) is 2.10. The van der Waals surface area contributed by atoms with Crippen molar-refractivity contribution in [2.45, 2.75) is 12.5 Å². The Hall–Kier alpha value is -0.640. The number of aliphatic hydroxyl groups excluding tert-OH is 1. The largest absolute Gasteiger partial charge is 0.390 e. The standard InChI is InChI=1S/C10H12ClFO2/c1-14-6-9(13)4-7-2-3-8(12)5-10(7)11/h2-3,5,9,13H,4,6H2,1H3. The van der Waals surface area contributed by atoms with Crippen molar-refractivity contribution in [2.75, 3.05) is 13.7 Å². The number of aliphatic hydroxyl groups is 1. The van der Waals surface area contributed by atoms with Crippen LogP contribution in [0, 0.1) is 5.82 Å². The van der Waals surface area contributed by atoms with Gasteiger partial charge in [-0.3, -0.25) is 0 Å². The SMILES string of the molecule is COCC(O)Cc1ccc(F)cc1Cl. The van der Waals surface area contributed by atoms with Gasteiger partial charge in [-0.15, -0.1) is 0 Å². The molecule has 2 nitrogen and oxygen atoms in total. The van der Waals surface area contributed by atoms with Crippen LogP contribution in [0.4, 0.5) is 4.39 Å². The summed E-state index contributed by atoms with van der Waals surface area (Å²) in [6, 6.07) is 4.12. The molecule has 0 saturated heterocycles. The molecule has 0 amide bonds. The summed E-state index contributed by atoms with van der Waals surface area (Å²) in [5, 5.41) is 9.75. The Labute approximate surface area is 87.3 Å². The molecule has 0 aliphatic carbocycles. The van der Waals surface area contributed by atoms with Crippen molar-refractivity contribution in [1.29, 1.82) is 0 Å². The summed E-state index contributed by atoms with van der Waals surface area (Å²) >= 11 is 5.78.